The summed E-state index contributed by atoms with van der Waals surface area (Å²) in [6, 6.07) is 4.05. The van der Waals surface area contributed by atoms with Gasteiger partial charge in [-0.3, -0.25) is 20.1 Å². The lowest BCUT2D eigenvalue weighted by molar-refractivity contribution is 0.447. The largest absolute Gasteiger partial charge is 0.357 e. The second-order valence-electron chi connectivity index (χ2n) is 9.25. The van der Waals surface area contributed by atoms with Crippen LogP contribution in [-0.4, -0.2) is 67.9 Å². The van der Waals surface area contributed by atoms with Gasteiger partial charge < -0.3 is 15.2 Å². The highest BCUT2D eigenvalue weighted by atomic mass is 15.1. The number of rotatable bonds is 8. The Hall–Kier alpha value is -4.37. The molecule has 9 nitrogen and oxygen atoms in total. The molecule has 5 heterocycles. The van der Waals surface area contributed by atoms with Gasteiger partial charge in [0, 0.05) is 48.0 Å². The molecular formula is C28H31N9. The van der Waals surface area contributed by atoms with Crippen molar-refractivity contribution in [3.8, 4) is 22.8 Å². The minimum absolute atomic E-state index is 0.715. The van der Waals surface area contributed by atoms with Crippen molar-refractivity contribution in [3.05, 3.63) is 78.2 Å². The number of anilines is 1. The molecule has 0 aliphatic carbocycles. The maximum Gasteiger partial charge on any atom is 0.159 e. The van der Waals surface area contributed by atoms with Gasteiger partial charge in [-0.05, 0) is 45.6 Å². The Morgan fingerprint density at radius 3 is 2.81 bits per heavy atom. The van der Waals surface area contributed by atoms with Crippen LogP contribution in [0.15, 0.2) is 71.8 Å². The summed E-state index contributed by atoms with van der Waals surface area (Å²) in [5.74, 6) is 0.715. The molecule has 3 N–H and O–H groups in total. The predicted molar refractivity (Wildman–Crippen MR) is 150 cm³/mol. The highest BCUT2D eigenvalue weighted by molar-refractivity contribution is 6.14. The molecule has 0 saturated heterocycles. The van der Waals surface area contributed by atoms with Gasteiger partial charge in [-0.1, -0.05) is 24.8 Å². The average Bonchev–Trinajstić information content (AvgIpc) is 3.50. The van der Waals surface area contributed by atoms with Gasteiger partial charge in [-0.25, -0.2) is 4.98 Å². The summed E-state index contributed by atoms with van der Waals surface area (Å²) >= 11 is 0. The number of hydrogen-bond donors (Lipinski definition) is 3. The van der Waals surface area contributed by atoms with Crippen molar-refractivity contribution >= 4 is 22.3 Å². The van der Waals surface area contributed by atoms with Crippen molar-refractivity contribution in [1.29, 1.82) is 0 Å². The number of hydrogen-bond acceptors (Lipinski definition) is 7. The van der Waals surface area contributed by atoms with Gasteiger partial charge in [0.25, 0.3) is 0 Å². The van der Waals surface area contributed by atoms with Crippen LogP contribution in [-0.2, 0) is 6.42 Å². The van der Waals surface area contributed by atoms with Crippen LogP contribution < -0.4 is 5.32 Å². The van der Waals surface area contributed by atoms with Crippen LogP contribution in [0.4, 0.5) is 5.69 Å². The maximum absolute atomic E-state index is 4.95. The first-order valence-electron chi connectivity index (χ1n) is 12.3. The first kappa shape index (κ1) is 24.3. The van der Waals surface area contributed by atoms with Crippen LogP contribution in [0.1, 0.15) is 25.2 Å². The monoisotopic (exact) mass is 493 g/mol. The number of allylic oxidation sites excluding steroid dienone is 4. The first-order valence-corrected chi connectivity index (χ1v) is 12.3. The molecule has 0 amide bonds. The zero-order valence-corrected chi connectivity index (χ0v) is 21.6. The fourth-order valence-electron chi connectivity index (χ4n) is 4.50. The SMILES string of the molecule is C=C(CN(C)C)Nc1cncc(-c2cc3c(-c4nc5c([nH]4)CCN=C5C(/C=C\C)=C/C)n[nH]c3cn2)c1. The Morgan fingerprint density at radius 1 is 1.16 bits per heavy atom. The molecule has 0 unspecified atom stereocenters. The number of nitrogens with zero attached hydrogens (tertiary/aromatic N) is 6. The lowest BCUT2D eigenvalue weighted by Gasteiger charge is -2.14. The van der Waals surface area contributed by atoms with E-state index in [0.717, 1.165) is 81.4 Å². The number of aromatic nitrogens is 6. The standard InChI is InChI=1S/C28H31N9/c1-6-8-18(7-2)25-27-22(9-10-30-25)33-28(34-27)26-21-12-23(31-15-24(21)35-36-26)19-11-20(14-29-13-19)32-17(3)16-37(4)5/h6-8,11-15,32H,3,9-10,16H2,1-2,4-5H3,(H,33,34)(H,35,36)/b8-6-,18-7+. The van der Waals surface area contributed by atoms with Gasteiger partial charge in [-0.2, -0.15) is 5.10 Å². The summed E-state index contributed by atoms with van der Waals surface area (Å²) in [5.41, 5.74) is 8.99. The summed E-state index contributed by atoms with van der Waals surface area (Å²) in [7, 11) is 4.02. The van der Waals surface area contributed by atoms with Crippen molar-refractivity contribution in [3.63, 3.8) is 0 Å². The molecule has 0 atom stereocenters. The zero-order chi connectivity index (χ0) is 25.9. The summed E-state index contributed by atoms with van der Waals surface area (Å²) < 4.78 is 0. The van der Waals surface area contributed by atoms with Gasteiger partial charge >= 0.3 is 0 Å². The fraction of sp³-hybridized carbons (Fsp3) is 0.250. The molecule has 4 aromatic rings. The smallest absolute Gasteiger partial charge is 0.159 e. The zero-order valence-electron chi connectivity index (χ0n) is 21.6. The number of aromatic amines is 2. The van der Waals surface area contributed by atoms with Gasteiger partial charge in [0.1, 0.15) is 11.4 Å². The van der Waals surface area contributed by atoms with E-state index in [1.54, 1.807) is 12.4 Å². The van der Waals surface area contributed by atoms with Crippen LogP contribution >= 0.6 is 0 Å². The van der Waals surface area contributed by atoms with Gasteiger partial charge in [0.05, 0.1) is 35.0 Å². The molecule has 188 valence electrons. The molecule has 0 saturated carbocycles. The molecule has 5 rings (SSSR count). The van der Waals surface area contributed by atoms with E-state index in [2.05, 4.69) is 54.1 Å². The van der Waals surface area contributed by atoms with Gasteiger partial charge in [0.2, 0.25) is 0 Å². The van der Waals surface area contributed by atoms with Crippen molar-refractivity contribution in [2.45, 2.75) is 20.3 Å². The summed E-state index contributed by atoms with van der Waals surface area (Å²) in [6.45, 7) is 9.59. The van der Waals surface area contributed by atoms with Crippen LogP contribution in [0.3, 0.4) is 0 Å². The lowest BCUT2D eigenvalue weighted by Crippen LogP contribution is -2.18. The van der Waals surface area contributed by atoms with Crippen LogP contribution in [0.2, 0.25) is 0 Å². The molecule has 0 bridgehead atoms. The number of H-pyrrole nitrogens is 2. The average molecular weight is 494 g/mol. The second kappa shape index (κ2) is 10.3. The Morgan fingerprint density at radius 2 is 2.03 bits per heavy atom. The summed E-state index contributed by atoms with van der Waals surface area (Å²) in [4.78, 5) is 24.3. The Balaban J connectivity index is 1.49. The molecular weight excluding hydrogens is 462 g/mol. The number of nitrogens with one attached hydrogen (secondary N) is 3. The third-order valence-corrected chi connectivity index (χ3v) is 6.10. The predicted octanol–water partition coefficient (Wildman–Crippen LogP) is 4.76. The van der Waals surface area contributed by atoms with E-state index < -0.39 is 0 Å². The molecule has 9 heteroatoms. The third-order valence-electron chi connectivity index (χ3n) is 6.10. The Kier molecular flexibility index (Phi) is 6.78. The molecule has 0 spiro atoms. The van der Waals surface area contributed by atoms with E-state index in [4.69, 9.17) is 9.98 Å². The third kappa shape index (κ3) is 4.99. The maximum atomic E-state index is 4.95. The van der Waals surface area contributed by atoms with E-state index in [1.807, 2.05) is 52.3 Å². The van der Waals surface area contributed by atoms with Crippen molar-refractivity contribution in [2.75, 3.05) is 32.5 Å². The quantitative estimate of drug-likeness (QED) is 0.305. The number of fused-ring (bicyclic) bond motifs is 2. The topological polar surface area (TPSA) is 111 Å². The second-order valence-corrected chi connectivity index (χ2v) is 9.25. The van der Waals surface area contributed by atoms with Crippen LogP contribution in [0.25, 0.3) is 33.7 Å². The van der Waals surface area contributed by atoms with Crippen molar-refractivity contribution in [2.24, 2.45) is 4.99 Å². The Labute approximate surface area is 216 Å². The minimum atomic E-state index is 0.715. The van der Waals surface area contributed by atoms with E-state index in [-0.39, 0.29) is 0 Å². The normalized spacial score (nSPS) is 13.9. The Bertz CT molecular complexity index is 1550. The van der Waals surface area contributed by atoms with Gasteiger partial charge in [-0.15, -0.1) is 0 Å². The van der Waals surface area contributed by atoms with Crippen molar-refractivity contribution in [1.82, 2.24) is 35.0 Å². The first-order chi connectivity index (χ1) is 18.0. The highest BCUT2D eigenvalue weighted by Gasteiger charge is 2.23. The van der Waals surface area contributed by atoms with Crippen molar-refractivity contribution < 1.29 is 0 Å². The van der Waals surface area contributed by atoms with E-state index in [1.165, 1.54) is 0 Å². The molecule has 1 aliphatic heterocycles. The molecule has 0 fully saturated rings. The summed E-state index contributed by atoms with van der Waals surface area (Å²) in [5, 5.41) is 11.9. The lowest BCUT2D eigenvalue weighted by atomic mass is 10.0. The molecule has 37 heavy (non-hydrogen) atoms. The van der Waals surface area contributed by atoms with Gasteiger partial charge in [0.15, 0.2) is 5.82 Å². The molecule has 4 aromatic heterocycles. The number of likely N-dealkylation sites (N-methyl/N-ethyl adjacent to an activating group) is 1. The highest BCUT2D eigenvalue weighted by Crippen LogP contribution is 2.30. The number of aliphatic imine (C=N–C) groups is 1. The fourth-order valence-corrected chi connectivity index (χ4v) is 4.50. The van der Waals surface area contributed by atoms with E-state index in [0.29, 0.717) is 5.82 Å². The minimum Gasteiger partial charge on any atom is -0.357 e. The number of imidazole rings is 1. The molecule has 0 aromatic carbocycles. The van der Waals surface area contributed by atoms with Crippen LogP contribution in [0, 0.1) is 0 Å². The molecule has 0 radical (unpaired) electrons. The van der Waals surface area contributed by atoms with E-state index >= 15 is 0 Å². The molecule has 1 aliphatic rings. The summed E-state index contributed by atoms with van der Waals surface area (Å²) in [6.07, 6.45) is 12.4. The van der Waals surface area contributed by atoms with Crippen LogP contribution in [0.5, 0.6) is 0 Å². The number of pyridine rings is 2. The van der Waals surface area contributed by atoms with E-state index in [9.17, 15) is 0 Å².